The molecular weight excluding hydrogens is 364 g/mol. The van der Waals surface area contributed by atoms with Crippen molar-refractivity contribution >= 4 is 17.7 Å². The van der Waals surface area contributed by atoms with E-state index >= 15 is 0 Å². The molecule has 0 amide bonds. The van der Waals surface area contributed by atoms with Crippen LogP contribution in [0.4, 0.5) is 26.3 Å². The number of nitrogens with zero attached hydrogens (tertiary/aromatic N) is 1. The van der Waals surface area contributed by atoms with Gasteiger partial charge in [-0.15, -0.1) is 13.2 Å². The van der Waals surface area contributed by atoms with Gasteiger partial charge in [0, 0.05) is 4.90 Å². The van der Waals surface area contributed by atoms with Gasteiger partial charge in [0.1, 0.15) is 17.4 Å². The standard InChI is InChI=1S/C13H9F6NO3S/c1-2-22-11(21)5-7-3-9(23-12(14,15)16)8(6-20)10(4-7)24-13(17,18)19/h3-4H,2,5H2,1H3. The number of alkyl halides is 6. The van der Waals surface area contributed by atoms with Crippen LogP contribution in [0.15, 0.2) is 17.0 Å². The second-order valence-electron chi connectivity index (χ2n) is 4.16. The van der Waals surface area contributed by atoms with E-state index in [4.69, 9.17) is 5.26 Å². The lowest BCUT2D eigenvalue weighted by Gasteiger charge is -2.15. The van der Waals surface area contributed by atoms with Gasteiger partial charge in [-0.2, -0.15) is 18.4 Å². The maximum atomic E-state index is 12.5. The summed E-state index contributed by atoms with van der Waals surface area (Å²) in [5, 5.41) is 8.88. The van der Waals surface area contributed by atoms with E-state index in [0.29, 0.717) is 6.07 Å². The lowest BCUT2D eigenvalue weighted by molar-refractivity contribution is -0.274. The summed E-state index contributed by atoms with van der Waals surface area (Å²) in [6, 6.07) is 2.74. The minimum absolute atomic E-state index is 0.00875. The third-order valence-corrected chi connectivity index (χ3v) is 3.12. The van der Waals surface area contributed by atoms with E-state index in [-0.39, 0.29) is 12.2 Å². The molecule has 0 saturated heterocycles. The zero-order valence-electron chi connectivity index (χ0n) is 11.9. The van der Waals surface area contributed by atoms with Crippen LogP contribution in [0, 0.1) is 11.3 Å². The number of carbonyl (C=O) groups is 1. The molecule has 4 nitrogen and oxygen atoms in total. The van der Waals surface area contributed by atoms with Gasteiger partial charge in [-0.3, -0.25) is 4.79 Å². The number of halogens is 6. The normalized spacial score (nSPS) is 11.8. The van der Waals surface area contributed by atoms with E-state index in [0.717, 1.165) is 6.07 Å². The SMILES string of the molecule is CCOC(=O)Cc1cc(OC(F)(F)F)c(C#N)c(SC(F)(F)F)c1. The Kier molecular flexibility index (Phi) is 6.36. The molecule has 0 aliphatic heterocycles. The number of hydrogen-bond donors (Lipinski definition) is 0. The Balaban J connectivity index is 3.36. The van der Waals surface area contributed by atoms with Crippen molar-refractivity contribution in [3.8, 4) is 11.8 Å². The van der Waals surface area contributed by atoms with Crippen molar-refractivity contribution in [2.45, 2.75) is 30.1 Å². The molecule has 0 spiro atoms. The highest BCUT2D eigenvalue weighted by atomic mass is 32.2. The Labute approximate surface area is 136 Å². The van der Waals surface area contributed by atoms with Crippen LogP contribution in [0.1, 0.15) is 18.1 Å². The van der Waals surface area contributed by atoms with Gasteiger partial charge in [0.15, 0.2) is 0 Å². The van der Waals surface area contributed by atoms with E-state index < -0.39 is 52.2 Å². The molecule has 0 unspecified atom stereocenters. The molecule has 1 aromatic rings. The molecule has 0 bridgehead atoms. The lowest BCUT2D eigenvalue weighted by Crippen LogP contribution is -2.18. The summed E-state index contributed by atoms with van der Waals surface area (Å²) in [6.07, 6.45) is -5.78. The van der Waals surface area contributed by atoms with Crippen LogP contribution in [-0.4, -0.2) is 24.4 Å². The number of ether oxygens (including phenoxy) is 2. The number of hydrogen-bond acceptors (Lipinski definition) is 5. The topological polar surface area (TPSA) is 59.3 Å². The molecule has 1 aromatic carbocycles. The van der Waals surface area contributed by atoms with Gasteiger partial charge in [0.25, 0.3) is 0 Å². The van der Waals surface area contributed by atoms with E-state index in [1.807, 2.05) is 0 Å². The Morgan fingerprint density at radius 1 is 1.25 bits per heavy atom. The van der Waals surface area contributed by atoms with E-state index in [2.05, 4.69) is 9.47 Å². The van der Waals surface area contributed by atoms with Crippen LogP contribution in [0.3, 0.4) is 0 Å². The maximum Gasteiger partial charge on any atom is 0.573 e. The summed E-state index contributed by atoms with van der Waals surface area (Å²) >= 11 is -0.775. The van der Waals surface area contributed by atoms with Gasteiger partial charge in [0.2, 0.25) is 0 Å². The fourth-order valence-corrected chi connectivity index (χ4v) is 2.35. The Morgan fingerprint density at radius 3 is 2.33 bits per heavy atom. The molecule has 0 atom stereocenters. The summed E-state index contributed by atoms with van der Waals surface area (Å²) in [6.45, 7) is 1.48. The second kappa shape index (κ2) is 7.65. The molecule has 0 fully saturated rings. The summed E-state index contributed by atoms with van der Waals surface area (Å²) < 4.78 is 83.0. The first kappa shape index (κ1) is 20.0. The number of esters is 1. The molecule has 0 heterocycles. The Morgan fingerprint density at radius 2 is 1.88 bits per heavy atom. The third kappa shape index (κ3) is 6.57. The van der Waals surface area contributed by atoms with Crippen molar-refractivity contribution in [1.29, 1.82) is 5.26 Å². The predicted octanol–water partition coefficient (Wildman–Crippen LogP) is 4.17. The first-order valence-corrected chi connectivity index (χ1v) is 7.01. The molecule has 132 valence electrons. The van der Waals surface area contributed by atoms with Gasteiger partial charge >= 0.3 is 17.8 Å². The predicted molar refractivity (Wildman–Crippen MR) is 70.1 cm³/mol. The molecular formula is C13H9F6NO3S. The minimum Gasteiger partial charge on any atom is -0.466 e. The largest absolute Gasteiger partial charge is 0.573 e. The highest BCUT2D eigenvalue weighted by molar-refractivity contribution is 8.00. The summed E-state index contributed by atoms with van der Waals surface area (Å²) in [7, 11) is 0. The minimum atomic E-state index is -5.21. The van der Waals surface area contributed by atoms with Crippen LogP contribution in [0.2, 0.25) is 0 Å². The number of thioether (sulfide) groups is 1. The first-order chi connectivity index (χ1) is 10.9. The fourth-order valence-electron chi connectivity index (χ4n) is 1.65. The smallest absolute Gasteiger partial charge is 0.466 e. The highest BCUT2D eigenvalue weighted by Gasteiger charge is 2.35. The van der Waals surface area contributed by atoms with Crippen molar-refractivity contribution in [2.24, 2.45) is 0 Å². The van der Waals surface area contributed by atoms with Gasteiger partial charge in [0.05, 0.1) is 13.0 Å². The van der Waals surface area contributed by atoms with Crippen molar-refractivity contribution in [3.63, 3.8) is 0 Å². The van der Waals surface area contributed by atoms with Crippen LogP contribution in [0.25, 0.3) is 0 Å². The van der Waals surface area contributed by atoms with Crippen molar-refractivity contribution in [1.82, 2.24) is 0 Å². The average molecular weight is 373 g/mol. The summed E-state index contributed by atoms with van der Waals surface area (Å²) in [5.74, 6) is -1.96. The zero-order chi connectivity index (χ0) is 18.5. The Bertz CT molecular complexity index is 614. The van der Waals surface area contributed by atoms with Crippen molar-refractivity contribution < 1.29 is 40.6 Å². The van der Waals surface area contributed by atoms with Gasteiger partial charge in [-0.1, -0.05) is 0 Å². The molecule has 11 heteroatoms. The molecule has 0 aromatic heterocycles. The van der Waals surface area contributed by atoms with Gasteiger partial charge < -0.3 is 9.47 Å². The molecule has 0 radical (unpaired) electrons. The average Bonchev–Trinajstić information content (AvgIpc) is 2.34. The van der Waals surface area contributed by atoms with Crippen LogP contribution < -0.4 is 4.74 Å². The molecule has 0 aliphatic rings. The number of carbonyl (C=O) groups excluding carboxylic acids is 1. The molecule has 0 aliphatic carbocycles. The van der Waals surface area contributed by atoms with Crippen molar-refractivity contribution in [3.05, 3.63) is 23.3 Å². The Hall–Kier alpha value is -2.09. The van der Waals surface area contributed by atoms with Gasteiger partial charge in [-0.05, 0) is 36.4 Å². The van der Waals surface area contributed by atoms with E-state index in [1.54, 1.807) is 0 Å². The first-order valence-electron chi connectivity index (χ1n) is 6.19. The van der Waals surface area contributed by atoms with E-state index in [1.165, 1.54) is 13.0 Å². The summed E-state index contributed by atoms with van der Waals surface area (Å²) in [4.78, 5) is 10.6. The van der Waals surface area contributed by atoms with Crippen LogP contribution >= 0.6 is 11.8 Å². The second-order valence-corrected chi connectivity index (χ2v) is 5.26. The molecule has 24 heavy (non-hydrogen) atoms. The van der Waals surface area contributed by atoms with Gasteiger partial charge in [-0.25, -0.2) is 0 Å². The monoisotopic (exact) mass is 373 g/mol. The third-order valence-electron chi connectivity index (χ3n) is 2.34. The lowest BCUT2D eigenvalue weighted by atomic mass is 10.1. The number of benzene rings is 1. The highest BCUT2D eigenvalue weighted by Crippen LogP contribution is 2.42. The zero-order valence-corrected chi connectivity index (χ0v) is 12.7. The van der Waals surface area contributed by atoms with E-state index in [9.17, 15) is 31.1 Å². The number of rotatable bonds is 5. The molecule has 0 N–H and O–H groups in total. The van der Waals surface area contributed by atoms with Crippen molar-refractivity contribution in [2.75, 3.05) is 6.61 Å². The quantitative estimate of drug-likeness (QED) is 0.440. The molecule has 0 saturated carbocycles. The maximum absolute atomic E-state index is 12.5. The number of nitriles is 1. The van der Waals surface area contributed by atoms with Crippen LogP contribution in [0.5, 0.6) is 5.75 Å². The fraction of sp³-hybridized carbons (Fsp3) is 0.385. The molecule has 1 rings (SSSR count). The summed E-state index contributed by atoms with van der Waals surface area (Å²) in [5.41, 5.74) is -5.98. The van der Waals surface area contributed by atoms with Crippen LogP contribution in [-0.2, 0) is 16.0 Å².